The summed E-state index contributed by atoms with van der Waals surface area (Å²) in [5.74, 6) is 0. The first-order valence-corrected chi connectivity index (χ1v) is 6.81. The Bertz CT molecular complexity index is 217. The van der Waals surface area contributed by atoms with Gasteiger partial charge in [-0.3, -0.25) is 0 Å². The Morgan fingerprint density at radius 3 is 1.21 bits per heavy atom. The zero-order valence-corrected chi connectivity index (χ0v) is 13.2. The van der Waals surface area contributed by atoms with Crippen LogP contribution in [0.15, 0.2) is 60.7 Å². The summed E-state index contributed by atoms with van der Waals surface area (Å²) in [7, 11) is 1.31. The summed E-state index contributed by atoms with van der Waals surface area (Å²) in [5, 5.41) is 0. The Morgan fingerprint density at radius 2 is 1.14 bits per heavy atom. The molecular formula is C12H16SiZr. The molecule has 0 aliphatic heterocycles. The molecule has 0 aliphatic rings. The average Bonchev–Trinajstić information content (AvgIpc) is 2.83. The van der Waals surface area contributed by atoms with Gasteiger partial charge in [0.25, 0.3) is 0 Å². The molecule has 0 saturated heterocycles. The molecule has 0 aliphatic carbocycles. The SMILES string of the molecule is C[C]([SiH3])=[Zr+2].c1cc[cH-]c1.c1cc[cH-]c1. The van der Waals surface area contributed by atoms with Crippen molar-refractivity contribution >= 4 is 13.1 Å². The zero-order valence-electron chi connectivity index (χ0n) is 8.77. The van der Waals surface area contributed by atoms with Crippen molar-refractivity contribution in [3.8, 4) is 0 Å². The molecule has 72 valence electrons. The average molecular weight is 280 g/mol. The second-order valence-corrected chi connectivity index (χ2v) is 9.34. The molecule has 0 saturated carbocycles. The number of hydrogen-bond donors (Lipinski definition) is 0. The van der Waals surface area contributed by atoms with Gasteiger partial charge in [0.15, 0.2) is 0 Å². The molecule has 0 nitrogen and oxygen atoms in total. The predicted molar refractivity (Wildman–Crippen MR) is 64.7 cm³/mol. The molecule has 2 aromatic rings. The minimum absolute atomic E-state index is 1.31. The van der Waals surface area contributed by atoms with Crippen molar-refractivity contribution in [3.05, 3.63) is 60.7 Å². The molecule has 0 heterocycles. The molecule has 0 bridgehead atoms. The van der Waals surface area contributed by atoms with Crippen LogP contribution in [-0.4, -0.2) is 13.1 Å². The van der Waals surface area contributed by atoms with E-state index in [2.05, 4.69) is 6.92 Å². The van der Waals surface area contributed by atoms with Crippen LogP contribution in [0.1, 0.15) is 6.92 Å². The van der Waals surface area contributed by atoms with Gasteiger partial charge in [-0.2, -0.15) is 36.4 Å². The fourth-order valence-corrected chi connectivity index (χ4v) is 0.642. The first-order chi connectivity index (χ1) is 6.73. The van der Waals surface area contributed by atoms with E-state index in [9.17, 15) is 0 Å². The van der Waals surface area contributed by atoms with Gasteiger partial charge in [0.1, 0.15) is 0 Å². The van der Waals surface area contributed by atoms with Crippen LogP contribution < -0.4 is 0 Å². The molecule has 0 atom stereocenters. The molecule has 0 amide bonds. The van der Waals surface area contributed by atoms with Crippen molar-refractivity contribution in [1.29, 1.82) is 0 Å². The van der Waals surface area contributed by atoms with Gasteiger partial charge in [-0.1, -0.05) is 0 Å². The minimum atomic E-state index is 1.31. The fourth-order valence-electron chi connectivity index (χ4n) is 0.642. The van der Waals surface area contributed by atoms with Crippen molar-refractivity contribution in [2.24, 2.45) is 0 Å². The topological polar surface area (TPSA) is 0 Å². The third kappa shape index (κ3) is 14.2. The third-order valence-electron chi connectivity index (χ3n) is 1.11. The first-order valence-electron chi connectivity index (χ1n) is 4.58. The van der Waals surface area contributed by atoms with Crippen LogP contribution in [0.2, 0.25) is 0 Å². The molecule has 0 unspecified atom stereocenters. The largest absolute Gasteiger partial charge is 0.214 e. The Balaban J connectivity index is 0.000000183. The predicted octanol–water partition coefficient (Wildman–Crippen LogP) is 1.86. The van der Waals surface area contributed by atoms with Gasteiger partial charge in [-0.15, -0.1) is 0 Å². The van der Waals surface area contributed by atoms with E-state index in [0.717, 1.165) is 0 Å². The monoisotopic (exact) mass is 278 g/mol. The van der Waals surface area contributed by atoms with Gasteiger partial charge in [0.2, 0.25) is 0 Å². The Hall–Kier alpha value is -0.330. The van der Waals surface area contributed by atoms with E-state index in [4.69, 9.17) is 0 Å². The molecule has 2 aromatic carbocycles. The van der Waals surface area contributed by atoms with Crippen LogP contribution in [0.3, 0.4) is 0 Å². The van der Waals surface area contributed by atoms with Gasteiger partial charge in [0.05, 0.1) is 0 Å². The summed E-state index contributed by atoms with van der Waals surface area (Å²) in [6.07, 6.45) is 0. The summed E-state index contributed by atoms with van der Waals surface area (Å²) in [4.78, 5) is 0. The molecular weight excluding hydrogens is 263 g/mol. The van der Waals surface area contributed by atoms with Crippen LogP contribution in [-0.2, 0) is 24.2 Å². The van der Waals surface area contributed by atoms with Crippen molar-refractivity contribution in [3.63, 3.8) is 0 Å². The molecule has 0 spiro atoms. The van der Waals surface area contributed by atoms with Crippen LogP contribution in [0.25, 0.3) is 0 Å². The van der Waals surface area contributed by atoms with E-state index >= 15 is 0 Å². The second kappa shape index (κ2) is 10.7. The maximum Gasteiger partial charge on any atom is -0.172 e. The summed E-state index contributed by atoms with van der Waals surface area (Å²) in [5.41, 5.74) is 0. The second-order valence-electron chi connectivity index (χ2n) is 2.92. The molecule has 0 fully saturated rings. The van der Waals surface area contributed by atoms with Crippen LogP contribution in [0.4, 0.5) is 0 Å². The molecule has 0 radical (unpaired) electrons. The van der Waals surface area contributed by atoms with Gasteiger partial charge in [-0.05, 0) is 0 Å². The molecule has 2 heteroatoms. The van der Waals surface area contributed by atoms with Crippen molar-refractivity contribution < 1.29 is 24.2 Å². The van der Waals surface area contributed by atoms with Crippen molar-refractivity contribution in [2.45, 2.75) is 6.92 Å². The van der Waals surface area contributed by atoms with E-state index in [1.807, 2.05) is 60.7 Å². The minimum Gasteiger partial charge on any atom is -0.214 e. The van der Waals surface area contributed by atoms with Crippen LogP contribution in [0.5, 0.6) is 0 Å². The van der Waals surface area contributed by atoms with Crippen molar-refractivity contribution in [2.75, 3.05) is 0 Å². The Morgan fingerprint density at radius 1 is 0.929 bits per heavy atom. The summed E-state index contributed by atoms with van der Waals surface area (Å²) >= 11 is 1.62. The summed E-state index contributed by atoms with van der Waals surface area (Å²) in [6, 6.07) is 20.0. The smallest absolute Gasteiger partial charge is 0.172 e. The van der Waals surface area contributed by atoms with Gasteiger partial charge < -0.3 is 0 Å². The maximum absolute atomic E-state index is 2.19. The Labute approximate surface area is 104 Å². The van der Waals surface area contributed by atoms with Crippen LogP contribution >= 0.6 is 0 Å². The number of hydrogen-bond acceptors (Lipinski definition) is 0. The normalized spacial score (nSPS) is 7.93. The third-order valence-corrected chi connectivity index (χ3v) is 1.11. The number of rotatable bonds is 0. The molecule has 2 rings (SSSR count). The Kier molecular flexibility index (Phi) is 10.5. The van der Waals surface area contributed by atoms with Gasteiger partial charge in [-0.25, -0.2) is 24.3 Å². The molecule has 0 N–H and O–H groups in total. The van der Waals surface area contributed by atoms with Crippen molar-refractivity contribution in [1.82, 2.24) is 0 Å². The van der Waals surface area contributed by atoms with E-state index in [1.54, 1.807) is 27.1 Å². The van der Waals surface area contributed by atoms with E-state index in [-0.39, 0.29) is 0 Å². The molecule has 14 heavy (non-hydrogen) atoms. The summed E-state index contributed by atoms with van der Waals surface area (Å²) in [6.45, 7) is 2.19. The van der Waals surface area contributed by atoms with Crippen LogP contribution in [0, 0.1) is 0 Å². The molecule has 0 aromatic heterocycles. The zero-order chi connectivity index (χ0) is 10.6. The summed E-state index contributed by atoms with van der Waals surface area (Å²) < 4.78 is 1.65. The van der Waals surface area contributed by atoms with Gasteiger partial charge >= 0.3 is 44.2 Å². The maximum atomic E-state index is 2.19. The van der Waals surface area contributed by atoms with E-state index in [1.165, 1.54) is 10.2 Å². The van der Waals surface area contributed by atoms with E-state index in [0.29, 0.717) is 0 Å². The fraction of sp³-hybridized carbons (Fsp3) is 0.0833. The van der Waals surface area contributed by atoms with Gasteiger partial charge in [0, 0.05) is 0 Å². The standard InChI is InChI=1S/2C5H5.C2H6Si.Zr/c2*1-2-4-5-3-1;1-2-3;/h2*1-5H;1,3H3;/q2*-1;;+2. The first kappa shape index (κ1) is 13.7. The van der Waals surface area contributed by atoms with E-state index < -0.39 is 0 Å². The quantitative estimate of drug-likeness (QED) is 0.510.